The molecule has 0 aliphatic heterocycles. The largest absolute Gasteiger partial charge is 0.262 e. The minimum Gasteiger partial charge on any atom is -0.262 e. The van der Waals surface area contributed by atoms with Gasteiger partial charge in [-0.25, -0.2) is 13.4 Å². The van der Waals surface area contributed by atoms with Gasteiger partial charge in [0.15, 0.2) is 5.25 Å². The summed E-state index contributed by atoms with van der Waals surface area (Å²) in [5.74, 6) is 0.436. The number of sulfonamides is 1. The molecule has 7 nitrogen and oxygen atoms in total. The molecule has 0 bridgehead atoms. The Morgan fingerprint density at radius 3 is 2.87 bits per heavy atom. The van der Waals surface area contributed by atoms with E-state index in [4.69, 9.17) is 5.26 Å². The third kappa shape index (κ3) is 2.51. The van der Waals surface area contributed by atoms with Crippen molar-refractivity contribution in [3.8, 4) is 6.07 Å². The molecule has 8 heteroatoms. The van der Waals surface area contributed by atoms with Crippen molar-refractivity contribution in [1.82, 2.24) is 19.5 Å². The second kappa shape index (κ2) is 4.37. The zero-order valence-electron chi connectivity index (χ0n) is 8.38. The third-order valence-electron chi connectivity index (χ3n) is 1.90. The molecule has 0 radical (unpaired) electrons. The van der Waals surface area contributed by atoms with Crippen molar-refractivity contribution < 1.29 is 8.42 Å². The van der Waals surface area contributed by atoms with Crippen LogP contribution in [0.5, 0.6) is 0 Å². The normalized spacial score (nSPS) is 13.7. The Labute approximate surface area is 87.8 Å². The van der Waals surface area contributed by atoms with E-state index in [0.29, 0.717) is 5.82 Å². The molecule has 0 saturated heterocycles. The predicted octanol–water partition coefficient (Wildman–Crippen LogP) is -0.522. The van der Waals surface area contributed by atoms with Crippen molar-refractivity contribution in [1.29, 1.82) is 5.26 Å². The van der Waals surface area contributed by atoms with Gasteiger partial charge in [0.1, 0.15) is 12.2 Å². The molecule has 0 aromatic carbocycles. The zero-order valence-corrected chi connectivity index (χ0v) is 9.19. The molecule has 0 aliphatic rings. The van der Waals surface area contributed by atoms with Crippen LogP contribution in [0.1, 0.15) is 12.7 Å². The van der Waals surface area contributed by atoms with Crippen LogP contribution in [-0.2, 0) is 16.6 Å². The molecule has 82 valence electrons. The lowest BCUT2D eigenvalue weighted by Crippen LogP contribution is -2.33. The summed E-state index contributed by atoms with van der Waals surface area (Å²) in [6, 6.07) is 1.69. The lowest BCUT2D eigenvalue weighted by molar-refractivity contribution is 0.454. The number of rotatable bonds is 4. The lowest BCUT2D eigenvalue weighted by Gasteiger charge is -2.16. The van der Waals surface area contributed by atoms with E-state index in [-0.39, 0.29) is 6.54 Å². The number of nitrogens with zero attached hydrogens (tertiary/aromatic N) is 4. The molecule has 1 aromatic rings. The molecule has 1 N–H and O–H groups in total. The lowest BCUT2D eigenvalue weighted by atomic mass is 10.5. The number of nitrogens with one attached hydrogen (secondary N) is 1. The highest BCUT2D eigenvalue weighted by atomic mass is 32.2. The number of nitriles is 1. The van der Waals surface area contributed by atoms with Crippen LogP contribution in [0, 0.1) is 11.3 Å². The Balaban J connectivity index is 2.78. The van der Waals surface area contributed by atoms with Crippen molar-refractivity contribution in [2.75, 3.05) is 7.05 Å². The topological polar surface area (TPSA) is 103 Å². The summed E-state index contributed by atoms with van der Waals surface area (Å²) in [7, 11) is -2.19. The van der Waals surface area contributed by atoms with Gasteiger partial charge in [-0.1, -0.05) is 0 Å². The van der Waals surface area contributed by atoms with Crippen molar-refractivity contribution in [2.45, 2.75) is 18.7 Å². The van der Waals surface area contributed by atoms with Gasteiger partial charge in [-0.3, -0.25) is 5.10 Å². The molecule has 0 fully saturated rings. The van der Waals surface area contributed by atoms with Crippen LogP contribution in [0.3, 0.4) is 0 Å². The summed E-state index contributed by atoms with van der Waals surface area (Å²) in [6.07, 6.45) is 1.30. The second-order valence-corrected chi connectivity index (χ2v) is 5.36. The van der Waals surface area contributed by atoms with Crippen LogP contribution in [0.2, 0.25) is 0 Å². The van der Waals surface area contributed by atoms with E-state index < -0.39 is 15.3 Å². The van der Waals surface area contributed by atoms with Gasteiger partial charge in [0, 0.05) is 7.05 Å². The summed E-state index contributed by atoms with van der Waals surface area (Å²) >= 11 is 0. The fourth-order valence-corrected chi connectivity index (χ4v) is 1.92. The zero-order chi connectivity index (χ0) is 11.5. The fourth-order valence-electron chi connectivity index (χ4n) is 0.944. The van der Waals surface area contributed by atoms with E-state index in [1.807, 2.05) is 0 Å². The van der Waals surface area contributed by atoms with Gasteiger partial charge >= 0.3 is 0 Å². The highest BCUT2D eigenvalue weighted by Crippen LogP contribution is 2.08. The van der Waals surface area contributed by atoms with E-state index in [1.54, 1.807) is 6.07 Å². The monoisotopic (exact) mass is 229 g/mol. The smallest absolute Gasteiger partial charge is 0.230 e. The molecule has 1 heterocycles. The van der Waals surface area contributed by atoms with Crippen LogP contribution < -0.4 is 0 Å². The van der Waals surface area contributed by atoms with Crippen LogP contribution >= 0.6 is 0 Å². The van der Waals surface area contributed by atoms with E-state index >= 15 is 0 Å². The first-order valence-corrected chi connectivity index (χ1v) is 5.68. The molecule has 0 aliphatic carbocycles. The number of aromatic amines is 1. The summed E-state index contributed by atoms with van der Waals surface area (Å²) in [5, 5.41) is 13.6. The minimum atomic E-state index is -3.58. The Morgan fingerprint density at radius 1 is 1.73 bits per heavy atom. The van der Waals surface area contributed by atoms with Gasteiger partial charge < -0.3 is 0 Å². The fraction of sp³-hybridized carbons (Fsp3) is 0.571. The molecule has 0 spiro atoms. The van der Waals surface area contributed by atoms with Crippen LogP contribution in [-0.4, -0.2) is 40.2 Å². The maximum absolute atomic E-state index is 11.6. The maximum Gasteiger partial charge on any atom is 0.230 e. The van der Waals surface area contributed by atoms with Gasteiger partial charge in [0.2, 0.25) is 10.0 Å². The maximum atomic E-state index is 11.6. The SMILES string of the molecule is CC(C#N)S(=O)(=O)N(C)Cc1ncn[nH]1. The molecule has 1 unspecified atom stereocenters. The van der Waals surface area contributed by atoms with Gasteiger partial charge in [0.25, 0.3) is 0 Å². The summed E-state index contributed by atoms with van der Waals surface area (Å²) in [6.45, 7) is 1.42. The Hall–Kier alpha value is -1.46. The number of aromatic nitrogens is 3. The Kier molecular flexibility index (Phi) is 3.39. The van der Waals surface area contributed by atoms with Crippen molar-refractivity contribution >= 4 is 10.0 Å². The predicted molar refractivity (Wildman–Crippen MR) is 51.8 cm³/mol. The van der Waals surface area contributed by atoms with Gasteiger partial charge in [-0.15, -0.1) is 0 Å². The minimum absolute atomic E-state index is 0.0777. The second-order valence-electron chi connectivity index (χ2n) is 3.00. The van der Waals surface area contributed by atoms with Crippen molar-refractivity contribution in [2.24, 2.45) is 0 Å². The standard InChI is InChI=1S/C7H11N5O2S/c1-6(3-8)15(13,14)12(2)4-7-9-5-10-11-7/h5-6H,4H2,1-2H3,(H,9,10,11). The average molecular weight is 229 g/mol. The van der Waals surface area contributed by atoms with Crippen molar-refractivity contribution in [3.63, 3.8) is 0 Å². The first-order valence-electron chi connectivity index (χ1n) is 4.17. The highest BCUT2D eigenvalue weighted by Gasteiger charge is 2.26. The molecule has 0 amide bonds. The van der Waals surface area contributed by atoms with Crippen molar-refractivity contribution in [3.05, 3.63) is 12.2 Å². The first kappa shape index (κ1) is 11.6. The van der Waals surface area contributed by atoms with Crippen LogP contribution in [0.25, 0.3) is 0 Å². The van der Waals surface area contributed by atoms with E-state index in [1.165, 1.54) is 20.3 Å². The Morgan fingerprint density at radius 2 is 2.40 bits per heavy atom. The van der Waals surface area contributed by atoms with E-state index in [0.717, 1.165) is 4.31 Å². The highest BCUT2D eigenvalue weighted by molar-refractivity contribution is 7.89. The van der Waals surface area contributed by atoms with Gasteiger partial charge in [-0.2, -0.15) is 14.7 Å². The number of hydrogen-bond donors (Lipinski definition) is 1. The third-order valence-corrected chi connectivity index (χ3v) is 3.90. The molecule has 1 aromatic heterocycles. The quantitative estimate of drug-likeness (QED) is 0.748. The van der Waals surface area contributed by atoms with Gasteiger partial charge in [-0.05, 0) is 6.92 Å². The van der Waals surface area contributed by atoms with Gasteiger partial charge in [0.05, 0.1) is 12.6 Å². The van der Waals surface area contributed by atoms with E-state index in [9.17, 15) is 8.42 Å². The first-order chi connectivity index (χ1) is 6.98. The summed E-state index contributed by atoms with van der Waals surface area (Å²) < 4.78 is 24.3. The van der Waals surface area contributed by atoms with E-state index in [2.05, 4.69) is 15.2 Å². The number of H-pyrrole nitrogens is 1. The summed E-state index contributed by atoms with van der Waals surface area (Å²) in [5.41, 5.74) is 0. The average Bonchev–Trinajstić information content (AvgIpc) is 2.68. The molecule has 1 rings (SSSR count). The molecule has 1 atom stereocenters. The van der Waals surface area contributed by atoms with Crippen LogP contribution in [0.15, 0.2) is 6.33 Å². The molecule has 15 heavy (non-hydrogen) atoms. The molecular weight excluding hydrogens is 218 g/mol. The summed E-state index contributed by atoms with van der Waals surface area (Å²) in [4.78, 5) is 3.80. The molecule has 0 saturated carbocycles. The Bertz CT molecular complexity index is 446. The molecular formula is C7H11N5O2S. The van der Waals surface area contributed by atoms with Crippen LogP contribution in [0.4, 0.5) is 0 Å². The number of hydrogen-bond acceptors (Lipinski definition) is 5.